The molecule has 0 aliphatic heterocycles. The van der Waals surface area contributed by atoms with Crippen molar-refractivity contribution >= 4 is 17.7 Å². The van der Waals surface area contributed by atoms with Gasteiger partial charge in [0.1, 0.15) is 17.8 Å². The highest BCUT2D eigenvalue weighted by Crippen LogP contribution is 2.45. The lowest BCUT2D eigenvalue weighted by Crippen LogP contribution is -2.61. The lowest BCUT2D eigenvalue weighted by Gasteiger charge is -2.50. The highest BCUT2D eigenvalue weighted by Gasteiger charge is 2.49. The minimum absolute atomic E-state index is 0.0135. The number of aryl methyl sites for hydroxylation is 1. The molecular formula is C22H32ClN5O2. The molecule has 1 aromatic heterocycles. The van der Waals surface area contributed by atoms with E-state index < -0.39 is 11.1 Å². The van der Waals surface area contributed by atoms with Crippen molar-refractivity contribution in [1.29, 1.82) is 0 Å². The molecule has 164 valence electrons. The molecule has 8 heteroatoms. The molecule has 2 aromatic rings. The van der Waals surface area contributed by atoms with E-state index in [9.17, 15) is 4.79 Å². The summed E-state index contributed by atoms with van der Waals surface area (Å²) in [6.45, 7) is 6.19. The van der Waals surface area contributed by atoms with Crippen LogP contribution >= 0.6 is 11.6 Å². The van der Waals surface area contributed by atoms with Crippen molar-refractivity contribution in [3.8, 4) is 0 Å². The Kier molecular flexibility index (Phi) is 6.72. The van der Waals surface area contributed by atoms with Gasteiger partial charge in [-0.1, -0.05) is 42.6 Å². The zero-order valence-corrected chi connectivity index (χ0v) is 19.2. The van der Waals surface area contributed by atoms with Crippen molar-refractivity contribution in [2.75, 3.05) is 7.05 Å². The Morgan fingerprint density at radius 3 is 2.73 bits per heavy atom. The summed E-state index contributed by atoms with van der Waals surface area (Å²) in [6, 6.07) is 7.78. The number of halogens is 1. The van der Waals surface area contributed by atoms with Crippen molar-refractivity contribution in [3.63, 3.8) is 0 Å². The second kappa shape index (κ2) is 8.94. The van der Waals surface area contributed by atoms with Gasteiger partial charge in [0.25, 0.3) is 0 Å². The maximum Gasteiger partial charge on any atom is 0.410 e. The highest BCUT2D eigenvalue weighted by atomic mass is 35.5. The van der Waals surface area contributed by atoms with Crippen molar-refractivity contribution in [3.05, 3.63) is 47.0 Å². The first-order chi connectivity index (χ1) is 14.1. The van der Waals surface area contributed by atoms with Crippen LogP contribution in [0.5, 0.6) is 0 Å². The van der Waals surface area contributed by atoms with Crippen molar-refractivity contribution in [2.24, 2.45) is 7.05 Å². The van der Waals surface area contributed by atoms with Crippen LogP contribution in [0, 0.1) is 0 Å². The largest absolute Gasteiger partial charge is 0.444 e. The number of likely N-dealkylation sites (N-methyl/N-ethyl adjacent to an activating group) is 1. The molecule has 0 spiro atoms. The minimum atomic E-state index is -0.627. The predicted octanol–water partition coefficient (Wildman–Crippen LogP) is 4.26. The molecular weight excluding hydrogens is 402 g/mol. The summed E-state index contributed by atoms with van der Waals surface area (Å²) in [4.78, 5) is 14.9. The van der Waals surface area contributed by atoms with Crippen molar-refractivity contribution in [2.45, 2.75) is 70.2 Å². The van der Waals surface area contributed by atoms with E-state index in [2.05, 4.69) is 15.5 Å². The fourth-order valence-electron chi connectivity index (χ4n) is 4.32. The Labute approximate surface area is 183 Å². The number of benzene rings is 1. The van der Waals surface area contributed by atoms with Gasteiger partial charge in [-0.3, -0.25) is 4.90 Å². The van der Waals surface area contributed by atoms with E-state index in [0.717, 1.165) is 37.1 Å². The van der Waals surface area contributed by atoms with Gasteiger partial charge in [-0.2, -0.15) is 0 Å². The lowest BCUT2D eigenvalue weighted by molar-refractivity contribution is -0.0166. The first kappa shape index (κ1) is 22.6. The number of nitrogens with one attached hydrogen (secondary N) is 1. The molecule has 1 heterocycles. The van der Waals surface area contributed by atoms with E-state index in [0.29, 0.717) is 11.6 Å². The van der Waals surface area contributed by atoms with E-state index in [1.165, 1.54) is 0 Å². The predicted molar refractivity (Wildman–Crippen MR) is 117 cm³/mol. The van der Waals surface area contributed by atoms with Gasteiger partial charge in [0.05, 0.1) is 12.1 Å². The topological polar surface area (TPSA) is 72.3 Å². The number of nitrogens with zero attached hydrogens (tertiary/aromatic N) is 4. The molecule has 2 atom stereocenters. The van der Waals surface area contributed by atoms with Crippen LogP contribution in [0.1, 0.15) is 57.8 Å². The summed E-state index contributed by atoms with van der Waals surface area (Å²) in [5.74, 6) is 0.841. The van der Waals surface area contributed by atoms with Gasteiger partial charge < -0.3 is 14.6 Å². The second-order valence-electron chi connectivity index (χ2n) is 8.98. The molecule has 1 N–H and O–H groups in total. The normalized spacial score (nSPS) is 22.0. The Morgan fingerprint density at radius 2 is 2.10 bits per heavy atom. The number of carbonyl (C=O) groups excluding carboxylic acids is 1. The van der Waals surface area contributed by atoms with Crippen LogP contribution in [0.4, 0.5) is 4.79 Å². The molecule has 1 aliphatic carbocycles. The molecule has 1 amide bonds. The van der Waals surface area contributed by atoms with E-state index in [-0.39, 0.29) is 12.1 Å². The maximum atomic E-state index is 13.2. The number of hydrogen-bond donors (Lipinski definition) is 1. The monoisotopic (exact) mass is 433 g/mol. The van der Waals surface area contributed by atoms with E-state index in [1.807, 2.05) is 63.7 Å². The van der Waals surface area contributed by atoms with E-state index in [4.69, 9.17) is 16.3 Å². The van der Waals surface area contributed by atoms with Crippen LogP contribution in [-0.4, -0.2) is 44.4 Å². The van der Waals surface area contributed by atoms with E-state index in [1.54, 1.807) is 11.2 Å². The first-order valence-corrected chi connectivity index (χ1v) is 10.8. The standard InChI is InChI=1S/C22H32ClN5O2/c1-21(2,3)30-20(29)28(5)22(16-10-6-7-11-17(16)23)13-9-8-12-18(22)24-14-19-26-25-15-27(19)4/h6-7,10-11,15,18,24H,8-9,12-14H2,1-5H3/t18-,22+/m1/s1. The third-order valence-electron chi connectivity index (χ3n) is 5.80. The zero-order valence-electron chi connectivity index (χ0n) is 18.5. The molecule has 3 rings (SSSR count). The molecule has 7 nitrogen and oxygen atoms in total. The van der Waals surface area contributed by atoms with Gasteiger partial charge in [0.15, 0.2) is 0 Å². The average molecular weight is 434 g/mol. The van der Waals surface area contributed by atoms with Crippen molar-refractivity contribution in [1.82, 2.24) is 25.0 Å². The first-order valence-electron chi connectivity index (χ1n) is 10.4. The molecule has 30 heavy (non-hydrogen) atoms. The van der Waals surface area contributed by atoms with Gasteiger partial charge in [-0.25, -0.2) is 4.79 Å². The Morgan fingerprint density at radius 1 is 1.37 bits per heavy atom. The quantitative estimate of drug-likeness (QED) is 0.762. The van der Waals surface area contributed by atoms with Gasteiger partial charge in [-0.15, -0.1) is 10.2 Å². The second-order valence-corrected chi connectivity index (χ2v) is 9.39. The van der Waals surface area contributed by atoms with Crippen molar-refractivity contribution < 1.29 is 9.53 Å². The number of ether oxygens (including phenoxy) is 1. The summed E-state index contributed by atoms with van der Waals surface area (Å²) in [5, 5.41) is 12.5. The van der Waals surface area contributed by atoms with E-state index >= 15 is 0 Å². The molecule has 1 aromatic carbocycles. The molecule has 1 aliphatic rings. The third kappa shape index (κ3) is 4.62. The molecule has 0 saturated heterocycles. The van der Waals surface area contributed by atoms with Gasteiger partial charge in [-0.05, 0) is 45.2 Å². The van der Waals surface area contributed by atoms with Crippen LogP contribution in [0.3, 0.4) is 0 Å². The fourth-order valence-corrected chi connectivity index (χ4v) is 4.62. The third-order valence-corrected chi connectivity index (χ3v) is 6.12. The summed E-state index contributed by atoms with van der Waals surface area (Å²) >= 11 is 6.69. The Balaban J connectivity index is 2.00. The Hall–Kier alpha value is -2.12. The smallest absolute Gasteiger partial charge is 0.410 e. The van der Waals surface area contributed by atoms with Gasteiger partial charge in [0, 0.05) is 25.2 Å². The van der Waals surface area contributed by atoms with Crippen LogP contribution in [0.15, 0.2) is 30.6 Å². The molecule has 0 radical (unpaired) electrons. The van der Waals surface area contributed by atoms with Crippen LogP contribution in [0.25, 0.3) is 0 Å². The molecule has 1 fully saturated rings. The number of aromatic nitrogens is 3. The number of rotatable bonds is 5. The molecule has 1 saturated carbocycles. The summed E-state index contributed by atoms with van der Waals surface area (Å²) in [5.41, 5.74) is -0.268. The number of amides is 1. The fraction of sp³-hybridized carbons (Fsp3) is 0.591. The average Bonchev–Trinajstić information content (AvgIpc) is 3.10. The van der Waals surface area contributed by atoms with Crippen LogP contribution in [-0.2, 0) is 23.9 Å². The minimum Gasteiger partial charge on any atom is -0.444 e. The number of carbonyl (C=O) groups is 1. The maximum absolute atomic E-state index is 13.2. The van der Waals surface area contributed by atoms with Gasteiger partial charge in [0.2, 0.25) is 0 Å². The summed E-state index contributed by atoms with van der Waals surface area (Å²) in [6.07, 6.45) is 5.12. The summed E-state index contributed by atoms with van der Waals surface area (Å²) < 4.78 is 7.64. The van der Waals surface area contributed by atoms with Crippen LogP contribution in [0.2, 0.25) is 5.02 Å². The number of hydrogen-bond acceptors (Lipinski definition) is 5. The molecule has 0 unspecified atom stereocenters. The Bertz CT molecular complexity index is 878. The molecule has 0 bridgehead atoms. The highest BCUT2D eigenvalue weighted by molar-refractivity contribution is 6.31. The van der Waals surface area contributed by atoms with Gasteiger partial charge >= 0.3 is 6.09 Å². The lowest BCUT2D eigenvalue weighted by atomic mass is 9.71. The SMILES string of the molecule is CN(C(=O)OC(C)(C)C)[C@]1(c2ccccc2Cl)CCCC[C@H]1NCc1nncn1C. The zero-order chi connectivity index (χ0) is 21.9. The van der Waals surface area contributed by atoms with Crippen LogP contribution < -0.4 is 5.32 Å². The summed E-state index contributed by atoms with van der Waals surface area (Å²) in [7, 11) is 3.74.